The smallest absolute Gasteiger partial charge is 0.191 e. The Morgan fingerprint density at radius 1 is 1.25 bits per heavy atom. The largest absolute Gasteiger partial charge is 0.496 e. The Bertz CT molecular complexity index is 652. The van der Waals surface area contributed by atoms with Gasteiger partial charge >= 0.3 is 0 Å². The summed E-state index contributed by atoms with van der Waals surface area (Å²) in [4.78, 5) is 8.89. The van der Waals surface area contributed by atoms with Crippen LogP contribution in [0, 0.1) is 0 Å². The third-order valence-corrected chi connectivity index (χ3v) is 3.76. The van der Waals surface area contributed by atoms with E-state index in [1.165, 1.54) is 0 Å². The molecular formula is C17H22BrIN4O. The van der Waals surface area contributed by atoms with Crippen LogP contribution in [0.1, 0.15) is 18.2 Å². The Kier molecular flexibility index (Phi) is 9.70. The molecule has 0 spiro atoms. The van der Waals surface area contributed by atoms with E-state index in [0.29, 0.717) is 13.1 Å². The van der Waals surface area contributed by atoms with Crippen LogP contribution in [0.15, 0.2) is 52.1 Å². The van der Waals surface area contributed by atoms with Gasteiger partial charge in [0.2, 0.25) is 0 Å². The van der Waals surface area contributed by atoms with Crippen molar-refractivity contribution in [1.29, 1.82) is 0 Å². The monoisotopic (exact) mass is 504 g/mol. The first kappa shape index (κ1) is 20.7. The van der Waals surface area contributed by atoms with E-state index in [9.17, 15) is 0 Å². The maximum Gasteiger partial charge on any atom is 0.191 e. The van der Waals surface area contributed by atoms with Crippen molar-refractivity contribution in [3.05, 3.63) is 58.3 Å². The van der Waals surface area contributed by atoms with Crippen LogP contribution in [0.2, 0.25) is 0 Å². The van der Waals surface area contributed by atoms with Gasteiger partial charge in [-0.3, -0.25) is 4.98 Å². The molecule has 5 nitrogen and oxygen atoms in total. The summed E-state index contributed by atoms with van der Waals surface area (Å²) >= 11 is 3.49. The van der Waals surface area contributed by atoms with Gasteiger partial charge in [-0.1, -0.05) is 12.1 Å². The second kappa shape index (κ2) is 11.2. The number of rotatable bonds is 6. The number of benzene rings is 1. The molecule has 0 saturated carbocycles. The average Bonchev–Trinajstić information content (AvgIpc) is 2.58. The molecule has 1 aromatic heterocycles. The molecule has 0 amide bonds. The summed E-state index contributed by atoms with van der Waals surface area (Å²) in [5, 5.41) is 6.52. The standard InChI is InChI=1S/C17H21BrN4O.HI/c1-3-19-17(22-12-14-6-4-5-9-20-14)21-11-13-7-8-16(23-2)15(18)10-13;/h4-10H,3,11-12H2,1-2H3,(H2,19,21,22);1H. The molecule has 0 radical (unpaired) electrons. The van der Waals surface area contributed by atoms with Crippen molar-refractivity contribution in [1.82, 2.24) is 15.6 Å². The van der Waals surface area contributed by atoms with Crippen molar-refractivity contribution in [2.45, 2.75) is 20.0 Å². The fourth-order valence-electron chi connectivity index (χ4n) is 2.00. The molecule has 0 atom stereocenters. The van der Waals surface area contributed by atoms with Gasteiger partial charge in [0.1, 0.15) is 5.75 Å². The van der Waals surface area contributed by atoms with E-state index in [1.807, 2.05) is 43.3 Å². The number of halogens is 2. The Labute approximate surface area is 168 Å². The van der Waals surface area contributed by atoms with Crippen LogP contribution in [0.4, 0.5) is 0 Å². The molecule has 0 aliphatic rings. The highest BCUT2D eigenvalue weighted by Gasteiger charge is 2.02. The van der Waals surface area contributed by atoms with Gasteiger partial charge < -0.3 is 15.4 Å². The maximum absolute atomic E-state index is 5.24. The lowest BCUT2D eigenvalue weighted by atomic mass is 10.2. The van der Waals surface area contributed by atoms with Gasteiger partial charge in [0.15, 0.2) is 5.96 Å². The van der Waals surface area contributed by atoms with Gasteiger partial charge in [-0.05, 0) is 52.7 Å². The van der Waals surface area contributed by atoms with Crippen LogP contribution in [0.3, 0.4) is 0 Å². The third kappa shape index (κ3) is 6.64. The minimum Gasteiger partial charge on any atom is -0.496 e. The van der Waals surface area contributed by atoms with Gasteiger partial charge in [0.05, 0.1) is 30.4 Å². The Balaban J connectivity index is 0.00000288. The highest BCUT2D eigenvalue weighted by atomic mass is 127. The number of pyridine rings is 1. The summed E-state index contributed by atoms with van der Waals surface area (Å²) in [6.07, 6.45) is 1.79. The van der Waals surface area contributed by atoms with Crippen LogP contribution >= 0.6 is 39.9 Å². The van der Waals surface area contributed by atoms with Crippen LogP contribution in [-0.4, -0.2) is 24.6 Å². The molecule has 0 fully saturated rings. The average molecular weight is 505 g/mol. The number of hydrogen-bond donors (Lipinski definition) is 2. The summed E-state index contributed by atoms with van der Waals surface area (Å²) in [5.74, 6) is 1.59. The Morgan fingerprint density at radius 3 is 2.71 bits per heavy atom. The normalized spacial score (nSPS) is 10.7. The van der Waals surface area contributed by atoms with E-state index in [0.717, 1.165) is 34.0 Å². The zero-order valence-corrected chi connectivity index (χ0v) is 17.7. The lowest BCUT2D eigenvalue weighted by Crippen LogP contribution is -2.36. The van der Waals surface area contributed by atoms with E-state index < -0.39 is 0 Å². The first-order valence-electron chi connectivity index (χ1n) is 7.47. The van der Waals surface area contributed by atoms with Crippen LogP contribution in [0.25, 0.3) is 0 Å². The van der Waals surface area contributed by atoms with Gasteiger partial charge in [0.25, 0.3) is 0 Å². The molecule has 0 aliphatic heterocycles. The molecule has 0 unspecified atom stereocenters. The molecule has 7 heteroatoms. The van der Waals surface area contributed by atoms with Crippen molar-refractivity contribution in [3.8, 4) is 5.75 Å². The number of guanidine groups is 1. The molecule has 0 saturated heterocycles. The van der Waals surface area contributed by atoms with Crippen LogP contribution < -0.4 is 15.4 Å². The molecule has 2 rings (SSSR count). The molecule has 1 heterocycles. The Morgan fingerprint density at radius 2 is 2.08 bits per heavy atom. The lowest BCUT2D eigenvalue weighted by Gasteiger charge is -2.11. The van der Waals surface area contributed by atoms with Gasteiger partial charge in [-0.15, -0.1) is 24.0 Å². The van der Waals surface area contributed by atoms with Crippen molar-refractivity contribution < 1.29 is 4.74 Å². The zero-order chi connectivity index (χ0) is 16.5. The minimum atomic E-state index is 0. The second-order valence-corrected chi connectivity index (χ2v) is 5.69. The van der Waals surface area contributed by atoms with Crippen molar-refractivity contribution in [2.75, 3.05) is 13.7 Å². The van der Waals surface area contributed by atoms with E-state index >= 15 is 0 Å². The fourth-order valence-corrected chi connectivity index (χ4v) is 2.59. The van der Waals surface area contributed by atoms with Crippen molar-refractivity contribution in [2.24, 2.45) is 4.99 Å². The van der Waals surface area contributed by atoms with E-state index in [4.69, 9.17) is 4.74 Å². The van der Waals surface area contributed by atoms with E-state index in [2.05, 4.69) is 36.5 Å². The van der Waals surface area contributed by atoms with E-state index in [-0.39, 0.29) is 24.0 Å². The summed E-state index contributed by atoms with van der Waals surface area (Å²) in [6.45, 7) is 4.07. The van der Waals surface area contributed by atoms with Crippen LogP contribution in [0.5, 0.6) is 5.75 Å². The van der Waals surface area contributed by atoms with Crippen molar-refractivity contribution >= 4 is 45.9 Å². The van der Waals surface area contributed by atoms with Gasteiger partial charge in [-0.25, -0.2) is 4.99 Å². The molecule has 1 aromatic carbocycles. The number of hydrogen-bond acceptors (Lipinski definition) is 3. The number of aliphatic imine (C=N–C) groups is 1. The highest BCUT2D eigenvalue weighted by molar-refractivity contribution is 14.0. The SMILES string of the molecule is CCNC(=NCc1ccc(OC)c(Br)c1)NCc1ccccn1.I. The molecule has 130 valence electrons. The zero-order valence-electron chi connectivity index (χ0n) is 13.8. The molecular weight excluding hydrogens is 483 g/mol. The second-order valence-electron chi connectivity index (χ2n) is 4.84. The lowest BCUT2D eigenvalue weighted by molar-refractivity contribution is 0.412. The predicted molar refractivity (Wildman–Crippen MR) is 112 cm³/mol. The molecule has 0 aliphatic carbocycles. The first-order valence-corrected chi connectivity index (χ1v) is 8.26. The van der Waals surface area contributed by atoms with Crippen molar-refractivity contribution in [3.63, 3.8) is 0 Å². The highest BCUT2D eigenvalue weighted by Crippen LogP contribution is 2.25. The number of aromatic nitrogens is 1. The molecule has 24 heavy (non-hydrogen) atoms. The predicted octanol–water partition coefficient (Wildman–Crippen LogP) is 3.73. The number of methoxy groups -OCH3 is 1. The number of ether oxygens (including phenoxy) is 1. The topological polar surface area (TPSA) is 58.5 Å². The quantitative estimate of drug-likeness (QED) is 0.357. The Hall–Kier alpha value is -1.35. The number of nitrogens with zero attached hydrogens (tertiary/aromatic N) is 2. The molecule has 2 N–H and O–H groups in total. The summed E-state index contributed by atoms with van der Waals surface area (Å²) in [6, 6.07) is 11.8. The summed E-state index contributed by atoms with van der Waals surface area (Å²) in [5.41, 5.74) is 2.08. The summed E-state index contributed by atoms with van der Waals surface area (Å²) in [7, 11) is 1.66. The minimum absolute atomic E-state index is 0. The first-order chi connectivity index (χ1) is 11.2. The van der Waals surface area contributed by atoms with E-state index in [1.54, 1.807) is 13.3 Å². The fraction of sp³-hybridized carbons (Fsp3) is 0.294. The molecule has 2 aromatic rings. The third-order valence-electron chi connectivity index (χ3n) is 3.14. The summed E-state index contributed by atoms with van der Waals surface area (Å²) < 4.78 is 6.17. The maximum atomic E-state index is 5.24. The van der Waals surface area contributed by atoms with Gasteiger partial charge in [-0.2, -0.15) is 0 Å². The number of nitrogens with one attached hydrogen (secondary N) is 2. The van der Waals surface area contributed by atoms with Gasteiger partial charge in [0, 0.05) is 12.7 Å². The van der Waals surface area contributed by atoms with Crippen LogP contribution in [-0.2, 0) is 13.1 Å². The molecule has 0 bridgehead atoms.